The second-order valence-corrected chi connectivity index (χ2v) is 12.8. The number of nitrogens with one attached hydrogen (secondary N) is 2. The van der Waals surface area contributed by atoms with Crippen molar-refractivity contribution in [1.82, 2.24) is 19.9 Å². The van der Waals surface area contributed by atoms with Gasteiger partial charge in [0.1, 0.15) is 16.6 Å². The number of rotatable bonds is 8. The Hall–Kier alpha value is -1.97. The fourth-order valence-electron chi connectivity index (χ4n) is 3.46. The van der Waals surface area contributed by atoms with Gasteiger partial charge in [0.05, 0.1) is 20.5 Å². The van der Waals surface area contributed by atoms with E-state index in [2.05, 4.69) is 10.3 Å². The highest BCUT2D eigenvalue weighted by molar-refractivity contribution is 7.89. The summed E-state index contributed by atoms with van der Waals surface area (Å²) >= 11 is 13.4. The molecule has 0 spiro atoms. The molecule has 2 amide bonds. The Kier molecular flexibility index (Phi) is 9.06. The van der Waals surface area contributed by atoms with Crippen LogP contribution in [-0.4, -0.2) is 72.7 Å². The van der Waals surface area contributed by atoms with Gasteiger partial charge in [-0.2, -0.15) is 17.9 Å². The molecule has 1 saturated heterocycles. The van der Waals surface area contributed by atoms with Crippen molar-refractivity contribution in [2.45, 2.75) is 56.3 Å². The molecule has 2 heterocycles. The zero-order valence-electron chi connectivity index (χ0n) is 20.4. The van der Waals surface area contributed by atoms with Crippen molar-refractivity contribution in [2.24, 2.45) is 0 Å². The number of carbonyl (C=O) groups is 2. The van der Waals surface area contributed by atoms with Gasteiger partial charge in [-0.1, -0.05) is 29.3 Å². The van der Waals surface area contributed by atoms with Gasteiger partial charge >= 0.3 is 6.18 Å². The maximum Gasteiger partial charge on any atom is 0.404 e. The van der Waals surface area contributed by atoms with Crippen LogP contribution in [0, 0.1) is 0 Å². The van der Waals surface area contributed by atoms with Crippen LogP contribution in [-0.2, 0) is 10.0 Å². The Bertz CT molecular complexity index is 1340. The lowest BCUT2D eigenvalue weighted by Crippen LogP contribution is -2.43. The number of amides is 2. The summed E-state index contributed by atoms with van der Waals surface area (Å²) in [5, 5.41) is 11.4. The molecule has 0 aliphatic carbocycles. The van der Waals surface area contributed by atoms with Gasteiger partial charge < -0.3 is 15.3 Å². The molecule has 16 heteroatoms. The van der Waals surface area contributed by atoms with Crippen molar-refractivity contribution in [2.75, 3.05) is 19.6 Å². The molecule has 0 saturated carbocycles. The minimum absolute atomic E-state index is 0.0704. The number of likely N-dealkylation sites (tertiary alicyclic amines) is 1. The molecule has 1 aliphatic rings. The molecule has 1 aromatic carbocycles. The minimum atomic E-state index is -4.83. The van der Waals surface area contributed by atoms with Crippen LogP contribution in [0.1, 0.15) is 53.9 Å². The largest absolute Gasteiger partial charge is 0.404 e. The number of aliphatic hydroxyl groups is 1. The van der Waals surface area contributed by atoms with E-state index in [1.807, 2.05) is 0 Å². The average Bonchev–Trinajstić information content (AvgIpc) is 3.48. The first-order valence-electron chi connectivity index (χ1n) is 11.3. The van der Waals surface area contributed by atoms with Gasteiger partial charge in [0.15, 0.2) is 5.01 Å². The first kappa shape index (κ1) is 30.6. The fourth-order valence-corrected chi connectivity index (χ4v) is 6.62. The molecule has 1 aliphatic heterocycles. The maximum absolute atomic E-state index is 13.2. The standard InChI is InChI=1S/C22H25Cl2F3N4O5S2/c1-11(22(25,26)27)30-38(35,36)13-7-6-12(14(23)15(13)24)17-16(20(33)31-8-4-5-9-31)29-19(37-17)18(32)28-10-21(2,3)34/h6-7,11,30,34H,4-5,8-10H2,1-3H3,(H,28,32)/t11-/m0/s1. The number of nitrogens with zero attached hydrogens (tertiary/aromatic N) is 2. The number of thiazole rings is 1. The number of aromatic nitrogens is 1. The molecule has 210 valence electrons. The lowest BCUT2D eigenvalue weighted by atomic mass is 10.1. The summed E-state index contributed by atoms with van der Waals surface area (Å²) in [5.41, 5.74) is -1.25. The normalized spacial score (nSPS) is 15.6. The van der Waals surface area contributed by atoms with Gasteiger partial charge in [-0.15, -0.1) is 11.3 Å². The van der Waals surface area contributed by atoms with Gasteiger partial charge in [-0.3, -0.25) is 9.59 Å². The van der Waals surface area contributed by atoms with Crippen LogP contribution < -0.4 is 10.0 Å². The Balaban J connectivity index is 2.06. The third-order valence-electron chi connectivity index (χ3n) is 5.50. The molecule has 3 N–H and O–H groups in total. The summed E-state index contributed by atoms with van der Waals surface area (Å²) in [4.78, 5) is 31.2. The smallest absolute Gasteiger partial charge is 0.389 e. The lowest BCUT2D eigenvalue weighted by molar-refractivity contribution is -0.147. The third kappa shape index (κ3) is 6.96. The number of benzene rings is 1. The summed E-state index contributed by atoms with van der Waals surface area (Å²) in [6, 6.07) is -0.237. The lowest BCUT2D eigenvalue weighted by Gasteiger charge is -2.18. The van der Waals surface area contributed by atoms with E-state index in [0.29, 0.717) is 20.0 Å². The summed E-state index contributed by atoms with van der Waals surface area (Å²) in [5.74, 6) is -1.13. The van der Waals surface area contributed by atoms with Crippen molar-refractivity contribution in [3.63, 3.8) is 0 Å². The van der Waals surface area contributed by atoms with Crippen molar-refractivity contribution in [1.29, 1.82) is 0 Å². The van der Waals surface area contributed by atoms with Crippen LogP contribution in [0.25, 0.3) is 10.4 Å². The molecular weight excluding hydrogens is 592 g/mol. The molecule has 0 radical (unpaired) electrons. The number of alkyl halides is 3. The van der Waals surface area contributed by atoms with E-state index in [0.717, 1.165) is 30.2 Å². The predicted molar refractivity (Wildman–Crippen MR) is 137 cm³/mol. The maximum atomic E-state index is 13.2. The zero-order chi connectivity index (χ0) is 28.6. The van der Waals surface area contributed by atoms with Gasteiger partial charge in [-0.05, 0) is 39.7 Å². The van der Waals surface area contributed by atoms with E-state index in [1.54, 1.807) is 4.90 Å². The van der Waals surface area contributed by atoms with Crippen LogP contribution in [0.15, 0.2) is 17.0 Å². The molecule has 1 atom stereocenters. The average molecular weight is 617 g/mol. The Morgan fingerprint density at radius 3 is 2.34 bits per heavy atom. The van der Waals surface area contributed by atoms with E-state index in [-0.39, 0.29) is 32.7 Å². The number of hydrogen-bond donors (Lipinski definition) is 3. The molecule has 1 fully saturated rings. The second-order valence-electron chi connectivity index (χ2n) is 9.31. The van der Waals surface area contributed by atoms with Crippen molar-refractivity contribution < 1.29 is 36.3 Å². The Morgan fingerprint density at radius 1 is 1.18 bits per heavy atom. The number of carbonyl (C=O) groups excluding carboxylic acids is 2. The quantitative estimate of drug-likeness (QED) is 0.410. The molecular formula is C22H25Cl2F3N4O5S2. The van der Waals surface area contributed by atoms with Crippen LogP contribution in [0.2, 0.25) is 10.0 Å². The topological polar surface area (TPSA) is 129 Å². The number of hydrogen-bond acceptors (Lipinski definition) is 7. The first-order chi connectivity index (χ1) is 17.4. The highest BCUT2D eigenvalue weighted by Crippen LogP contribution is 2.42. The Labute approximate surface area is 231 Å². The molecule has 0 bridgehead atoms. The van der Waals surface area contributed by atoms with Crippen LogP contribution >= 0.6 is 34.5 Å². The van der Waals surface area contributed by atoms with Gasteiger partial charge in [-0.25, -0.2) is 13.4 Å². The monoisotopic (exact) mass is 616 g/mol. The number of halogens is 5. The van der Waals surface area contributed by atoms with Crippen molar-refractivity contribution in [3.8, 4) is 10.4 Å². The van der Waals surface area contributed by atoms with Crippen molar-refractivity contribution >= 4 is 56.4 Å². The third-order valence-corrected chi connectivity index (χ3v) is 9.17. The van der Waals surface area contributed by atoms with Crippen LogP contribution in [0.5, 0.6) is 0 Å². The minimum Gasteiger partial charge on any atom is -0.389 e. The molecule has 2 aromatic rings. The molecule has 3 rings (SSSR count). The molecule has 1 aromatic heterocycles. The SMILES string of the molecule is C[C@H](NS(=O)(=O)c1ccc(-c2sc(C(=O)NCC(C)(C)O)nc2C(=O)N2CCCC2)c(Cl)c1Cl)C(F)(F)F. The second kappa shape index (κ2) is 11.3. The number of sulfonamides is 1. The van der Waals surface area contributed by atoms with E-state index in [4.69, 9.17) is 23.2 Å². The highest BCUT2D eigenvalue weighted by Gasteiger charge is 2.39. The van der Waals surface area contributed by atoms with Crippen LogP contribution in [0.4, 0.5) is 13.2 Å². The summed E-state index contributed by atoms with van der Waals surface area (Å²) < 4.78 is 65.5. The van der Waals surface area contributed by atoms with E-state index < -0.39 is 49.6 Å². The van der Waals surface area contributed by atoms with E-state index in [9.17, 15) is 36.3 Å². The highest BCUT2D eigenvalue weighted by atomic mass is 35.5. The Morgan fingerprint density at radius 2 is 1.79 bits per heavy atom. The van der Waals surface area contributed by atoms with Gasteiger partial charge in [0.25, 0.3) is 11.8 Å². The summed E-state index contributed by atoms with van der Waals surface area (Å²) in [7, 11) is -4.73. The van der Waals surface area contributed by atoms with Crippen LogP contribution in [0.3, 0.4) is 0 Å². The van der Waals surface area contributed by atoms with Crippen molar-refractivity contribution in [3.05, 3.63) is 32.9 Å². The predicted octanol–water partition coefficient (Wildman–Crippen LogP) is 4.08. The van der Waals surface area contributed by atoms with Gasteiger partial charge in [0.2, 0.25) is 10.0 Å². The first-order valence-corrected chi connectivity index (χ1v) is 14.4. The fraction of sp³-hybridized carbons (Fsp3) is 0.500. The molecule has 9 nitrogen and oxygen atoms in total. The zero-order valence-corrected chi connectivity index (χ0v) is 23.6. The van der Waals surface area contributed by atoms with E-state index in [1.165, 1.54) is 24.6 Å². The molecule has 0 unspecified atom stereocenters. The van der Waals surface area contributed by atoms with Gasteiger partial charge in [0, 0.05) is 25.2 Å². The summed E-state index contributed by atoms with van der Waals surface area (Å²) in [6.07, 6.45) is -3.27. The molecule has 38 heavy (non-hydrogen) atoms. The summed E-state index contributed by atoms with van der Waals surface area (Å²) in [6.45, 7) is 4.48. The van der Waals surface area contributed by atoms with E-state index >= 15 is 0 Å².